The number of carbonyl (C=O) groups is 1. The molecule has 1 N–H and O–H groups in total. The number of hydrogen-bond acceptors (Lipinski definition) is 2. The van der Waals surface area contributed by atoms with E-state index >= 15 is 0 Å². The van der Waals surface area contributed by atoms with E-state index in [-0.39, 0.29) is 5.78 Å². The van der Waals surface area contributed by atoms with Crippen LogP contribution in [0.3, 0.4) is 0 Å². The first-order valence-corrected chi connectivity index (χ1v) is 5.62. The number of ketones is 1. The first-order valence-electron chi connectivity index (χ1n) is 4.74. The Labute approximate surface area is 86.9 Å². The minimum Gasteiger partial charge on any atom is -0.351 e. The molecule has 14 heavy (non-hydrogen) atoms. The molecule has 0 amide bonds. The maximum atomic E-state index is 11.4. The number of aryl methyl sites for hydroxylation is 2. The summed E-state index contributed by atoms with van der Waals surface area (Å²) in [6.07, 6.45) is 0.912. The van der Waals surface area contributed by atoms with Crippen LogP contribution in [0.2, 0.25) is 0 Å². The number of nitrogens with one attached hydrogen (secondary N) is 1. The minimum absolute atomic E-state index is 0.129. The van der Waals surface area contributed by atoms with Crippen molar-refractivity contribution in [2.75, 3.05) is 0 Å². The van der Waals surface area contributed by atoms with Gasteiger partial charge in [0.05, 0.1) is 15.9 Å². The lowest BCUT2D eigenvalue weighted by Gasteiger charge is -1.95. The van der Waals surface area contributed by atoms with Crippen LogP contribution >= 0.6 is 11.3 Å². The molecular formula is C11H13NOS. The molecule has 0 aliphatic rings. The Morgan fingerprint density at radius 1 is 1.57 bits per heavy atom. The van der Waals surface area contributed by atoms with Gasteiger partial charge in [-0.25, -0.2) is 0 Å². The maximum absolute atomic E-state index is 11.4. The minimum atomic E-state index is 0.129. The number of H-pyrrole nitrogens is 1. The molecule has 0 aliphatic carbocycles. The maximum Gasteiger partial charge on any atom is 0.176 e. The van der Waals surface area contributed by atoms with Gasteiger partial charge >= 0.3 is 0 Å². The van der Waals surface area contributed by atoms with Gasteiger partial charge in [0.1, 0.15) is 0 Å². The smallest absolute Gasteiger partial charge is 0.176 e. The highest BCUT2D eigenvalue weighted by molar-refractivity contribution is 7.17. The van der Waals surface area contributed by atoms with Crippen molar-refractivity contribution in [3.05, 3.63) is 22.2 Å². The Morgan fingerprint density at radius 3 is 2.86 bits per heavy atom. The predicted octanol–water partition coefficient (Wildman–Crippen LogP) is 3.30. The fraction of sp³-hybridized carbons (Fsp3) is 0.364. The largest absolute Gasteiger partial charge is 0.351 e. The predicted molar refractivity (Wildman–Crippen MR) is 60.3 cm³/mol. The Kier molecular flexibility index (Phi) is 2.19. The Balaban J connectivity index is 2.78. The van der Waals surface area contributed by atoms with Crippen LogP contribution in [0.5, 0.6) is 0 Å². The molecule has 0 aromatic carbocycles. The fourth-order valence-corrected chi connectivity index (χ4v) is 2.90. The van der Waals surface area contributed by atoms with Crippen LogP contribution in [-0.4, -0.2) is 10.8 Å². The van der Waals surface area contributed by atoms with E-state index in [1.54, 1.807) is 18.3 Å². The summed E-state index contributed by atoms with van der Waals surface area (Å²) in [6, 6.07) is 0. The molecule has 2 rings (SSSR count). The molecule has 2 aromatic heterocycles. The molecule has 0 radical (unpaired) electrons. The van der Waals surface area contributed by atoms with E-state index in [9.17, 15) is 4.79 Å². The molecule has 2 aromatic rings. The van der Waals surface area contributed by atoms with E-state index in [0.29, 0.717) is 0 Å². The lowest BCUT2D eigenvalue weighted by molar-refractivity contribution is 0.101. The molecule has 3 heteroatoms. The van der Waals surface area contributed by atoms with Gasteiger partial charge in [-0.3, -0.25) is 4.79 Å². The van der Waals surface area contributed by atoms with Crippen LogP contribution in [0.4, 0.5) is 0 Å². The second-order valence-corrected chi connectivity index (χ2v) is 4.39. The van der Waals surface area contributed by atoms with Gasteiger partial charge < -0.3 is 4.98 Å². The standard InChI is InChI=1S/C11H13NOS/c1-4-8-10(7(3)13)12-9-6(2)5-14-11(8)9/h5,12H,4H2,1-3H3. The van der Waals surface area contributed by atoms with Crippen molar-refractivity contribution >= 4 is 27.3 Å². The summed E-state index contributed by atoms with van der Waals surface area (Å²) in [4.78, 5) is 14.6. The van der Waals surface area contributed by atoms with Gasteiger partial charge in [0.25, 0.3) is 0 Å². The van der Waals surface area contributed by atoms with Crippen molar-refractivity contribution in [3.63, 3.8) is 0 Å². The number of Topliss-reactive ketones (excluding diaryl/α,β-unsaturated/α-hetero) is 1. The van der Waals surface area contributed by atoms with Gasteiger partial charge in [0, 0.05) is 6.92 Å². The number of fused-ring (bicyclic) bond motifs is 1. The summed E-state index contributed by atoms with van der Waals surface area (Å²) in [7, 11) is 0. The van der Waals surface area contributed by atoms with Gasteiger partial charge in [-0.2, -0.15) is 0 Å². The number of aromatic nitrogens is 1. The van der Waals surface area contributed by atoms with Crippen LogP contribution in [-0.2, 0) is 6.42 Å². The van der Waals surface area contributed by atoms with Crippen molar-refractivity contribution in [2.24, 2.45) is 0 Å². The average molecular weight is 207 g/mol. The Hall–Kier alpha value is -1.09. The summed E-state index contributed by atoms with van der Waals surface area (Å²) in [6.45, 7) is 5.77. The highest BCUT2D eigenvalue weighted by Gasteiger charge is 2.15. The SMILES string of the molecule is CCc1c(C(C)=O)[nH]c2c(C)csc12. The van der Waals surface area contributed by atoms with Crippen LogP contribution in [0.1, 0.15) is 35.5 Å². The topological polar surface area (TPSA) is 32.9 Å². The first kappa shape index (κ1) is 9.46. The molecule has 0 fully saturated rings. The lowest BCUT2D eigenvalue weighted by atomic mass is 10.1. The fourth-order valence-electron chi connectivity index (χ4n) is 1.77. The van der Waals surface area contributed by atoms with Crippen LogP contribution in [0.15, 0.2) is 5.38 Å². The normalized spacial score (nSPS) is 11.1. The molecule has 2 nitrogen and oxygen atoms in total. The molecule has 74 valence electrons. The highest BCUT2D eigenvalue weighted by atomic mass is 32.1. The summed E-state index contributed by atoms with van der Waals surface area (Å²) < 4.78 is 1.25. The molecular weight excluding hydrogens is 194 g/mol. The zero-order valence-corrected chi connectivity index (χ0v) is 9.42. The molecule has 0 saturated carbocycles. The monoisotopic (exact) mass is 207 g/mol. The van der Waals surface area contributed by atoms with Crippen molar-refractivity contribution in [2.45, 2.75) is 27.2 Å². The van der Waals surface area contributed by atoms with E-state index in [4.69, 9.17) is 0 Å². The van der Waals surface area contributed by atoms with Crippen molar-refractivity contribution in [1.29, 1.82) is 0 Å². The summed E-state index contributed by atoms with van der Waals surface area (Å²) >= 11 is 1.72. The second-order valence-electron chi connectivity index (χ2n) is 3.51. The zero-order chi connectivity index (χ0) is 10.3. The van der Waals surface area contributed by atoms with Gasteiger partial charge in [0.15, 0.2) is 5.78 Å². The number of thiophene rings is 1. The van der Waals surface area contributed by atoms with Crippen molar-refractivity contribution in [3.8, 4) is 0 Å². The molecule has 0 atom stereocenters. The summed E-state index contributed by atoms with van der Waals surface area (Å²) in [5, 5.41) is 2.13. The van der Waals surface area contributed by atoms with E-state index in [1.165, 1.54) is 15.8 Å². The first-order chi connectivity index (χ1) is 6.65. The quantitative estimate of drug-likeness (QED) is 0.753. The van der Waals surface area contributed by atoms with E-state index < -0.39 is 0 Å². The molecule has 0 bridgehead atoms. The van der Waals surface area contributed by atoms with Crippen LogP contribution < -0.4 is 0 Å². The third-order valence-corrected chi connectivity index (χ3v) is 3.66. The zero-order valence-electron chi connectivity index (χ0n) is 8.60. The van der Waals surface area contributed by atoms with E-state index in [2.05, 4.69) is 24.2 Å². The molecule has 0 spiro atoms. The Morgan fingerprint density at radius 2 is 2.29 bits per heavy atom. The van der Waals surface area contributed by atoms with Gasteiger partial charge in [0.2, 0.25) is 0 Å². The Bertz CT molecular complexity index is 493. The van der Waals surface area contributed by atoms with Crippen LogP contribution in [0, 0.1) is 6.92 Å². The van der Waals surface area contributed by atoms with Crippen LogP contribution in [0.25, 0.3) is 10.2 Å². The van der Waals surface area contributed by atoms with Crippen molar-refractivity contribution in [1.82, 2.24) is 4.98 Å². The second kappa shape index (κ2) is 3.24. The third-order valence-electron chi connectivity index (χ3n) is 2.51. The van der Waals surface area contributed by atoms with Gasteiger partial charge in [-0.05, 0) is 29.9 Å². The molecule has 2 heterocycles. The number of hydrogen-bond donors (Lipinski definition) is 1. The van der Waals surface area contributed by atoms with Gasteiger partial charge in [-0.15, -0.1) is 11.3 Å². The summed E-state index contributed by atoms with van der Waals surface area (Å²) in [5.74, 6) is 0.129. The molecule has 0 saturated heterocycles. The van der Waals surface area contributed by atoms with E-state index in [0.717, 1.165) is 17.6 Å². The third kappa shape index (κ3) is 1.20. The molecule has 0 unspecified atom stereocenters. The number of rotatable bonds is 2. The number of aromatic amines is 1. The average Bonchev–Trinajstić information content (AvgIpc) is 2.66. The van der Waals surface area contributed by atoms with Crippen molar-refractivity contribution < 1.29 is 4.79 Å². The lowest BCUT2D eigenvalue weighted by Crippen LogP contribution is -1.96. The highest BCUT2D eigenvalue weighted by Crippen LogP contribution is 2.31. The summed E-state index contributed by atoms with van der Waals surface area (Å²) in [5.41, 5.74) is 4.33. The molecule has 0 aliphatic heterocycles. The van der Waals surface area contributed by atoms with E-state index in [1.807, 2.05) is 0 Å². The van der Waals surface area contributed by atoms with Gasteiger partial charge in [-0.1, -0.05) is 6.92 Å². The number of carbonyl (C=O) groups excluding carboxylic acids is 1.